The number of aromatic nitrogens is 2. The summed E-state index contributed by atoms with van der Waals surface area (Å²) >= 11 is 0. The molecule has 0 saturated carbocycles. The molecule has 1 aliphatic heterocycles. The van der Waals surface area contributed by atoms with Gasteiger partial charge in [-0.2, -0.15) is 4.31 Å². The molecule has 1 atom stereocenters. The molecule has 2 heterocycles. The van der Waals surface area contributed by atoms with E-state index in [-0.39, 0.29) is 28.1 Å². The zero-order chi connectivity index (χ0) is 16.8. The molecule has 0 amide bonds. The zero-order valence-electron chi connectivity index (χ0n) is 13.0. The van der Waals surface area contributed by atoms with Gasteiger partial charge in [0.1, 0.15) is 0 Å². The molecular weight excluding hydrogens is 356 g/mol. The van der Waals surface area contributed by atoms with Crippen molar-refractivity contribution in [1.29, 1.82) is 0 Å². The van der Waals surface area contributed by atoms with E-state index in [4.69, 9.17) is 5.73 Å². The molecule has 0 radical (unpaired) electrons. The van der Waals surface area contributed by atoms with Crippen molar-refractivity contribution in [2.75, 3.05) is 19.6 Å². The number of nitrogens with two attached hydrogens (primary N) is 1. The first-order valence-electron chi connectivity index (χ1n) is 7.22. The number of H-pyrrole nitrogens is 2. The first-order valence-corrected chi connectivity index (χ1v) is 8.66. The average molecular weight is 375 g/mol. The number of rotatable bonds is 3. The number of nitrogens with zero attached hydrogens (tertiary/aromatic N) is 1. The third kappa shape index (κ3) is 3.12. The highest BCUT2D eigenvalue weighted by molar-refractivity contribution is 7.89. The Morgan fingerprint density at radius 3 is 2.62 bits per heavy atom. The Kier molecular flexibility index (Phi) is 4.91. The maximum atomic E-state index is 12.8. The van der Waals surface area contributed by atoms with Crippen molar-refractivity contribution >= 4 is 33.3 Å². The van der Waals surface area contributed by atoms with Crippen molar-refractivity contribution in [3.63, 3.8) is 0 Å². The predicted molar refractivity (Wildman–Crippen MR) is 93.0 cm³/mol. The van der Waals surface area contributed by atoms with Crippen LogP contribution in [-0.4, -0.2) is 42.3 Å². The van der Waals surface area contributed by atoms with Gasteiger partial charge < -0.3 is 10.7 Å². The summed E-state index contributed by atoms with van der Waals surface area (Å²) in [7, 11) is -3.71. The van der Waals surface area contributed by atoms with E-state index in [0.29, 0.717) is 31.6 Å². The van der Waals surface area contributed by atoms with E-state index in [1.165, 1.54) is 22.5 Å². The van der Waals surface area contributed by atoms with Crippen molar-refractivity contribution in [3.05, 3.63) is 39.0 Å². The van der Waals surface area contributed by atoms with Gasteiger partial charge in [-0.15, -0.1) is 12.4 Å². The first-order chi connectivity index (χ1) is 10.7. The second-order valence-corrected chi connectivity index (χ2v) is 8.16. The molecule has 24 heavy (non-hydrogen) atoms. The van der Waals surface area contributed by atoms with Crippen LogP contribution in [-0.2, 0) is 10.0 Å². The Morgan fingerprint density at radius 1 is 1.29 bits per heavy atom. The Balaban J connectivity index is 0.00000208. The summed E-state index contributed by atoms with van der Waals surface area (Å²) in [4.78, 5) is 27.7. The van der Waals surface area contributed by atoms with E-state index in [1.807, 2.05) is 6.92 Å². The van der Waals surface area contributed by atoms with E-state index in [0.717, 1.165) is 0 Å². The molecule has 132 valence electrons. The maximum absolute atomic E-state index is 12.8. The van der Waals surface area contributed by atoms with Gasteiger partial charge in [-0.3, -0.25) is 9.78 Å². The van der Waals surface area contributed by atoms with Gasteiger partial charge in [0.05, 0.1) is 15.8 Å². The second kappa shape index (κ2) is 6.32. The van der Waals surface area contributed by atoms with Crippen molar-refractivity contribution in [3.8, 4) is 0 Å². The lowest BCUT2D eigenvalue weighted by Gasteiger charge is -2.22. The minimum absolute atomic E-state index is 0. The molecule has 0 spiro atoms. The molecule has 3 rings (SSSR count). The number of halogens is 1. The van der Waals surface area contributed by atoms with Gasteiger partial charge in [-0.05, 0) is 36.6 Å². The van der Waals surface area contributed by atoms with Crippen LogP contribution in [0.5, 0.6) is 0 Å². The van der Waals surface area contributed by atoms with E-state index in [2.05, 4.69) is 9.97 Å². The van der Waals surface area contributed by atoms with Crippen LogP contribution in [0.3, 0.4) is 0 Å². The molecule has 2 aromatic rings. The highest BCUT2D eigenvalue weighted by atomic mass is 35.5. The Bertz CT molecular complexity index is 984. The van der Waals surface area contributed by atoms with Crippen molar-refractivity contribution in [2.24, 2.45) is 11.1 Å². The van der Waals surface area contributed by atoms with Crippen molar-refractivity contribution in [2.45, 2.75) is 18.2 Å². The fraction of sp³-hybridized carbons (Fsp3) is 0.429. The number of hydrogen-bond acceptors (Lipinski definition) is 5. The molecule has 1 saturated heterocycles. The summed E-state index contributed by atoms with van der Waals surface area (Å²) in [5.41, 5.74) is 4.54. The fourth-order valence-corrected chi connectivity index (χ4v) is 4.42. The van der Waals surface area contributed by atoms with Gasteiger partial charge in [-0.25, -0.2) is 13.2 Å². The summed E-state index contributed by atoms with van der Waals surface area (Å²) in [5.74, 6) is 0. The summed E-state index contributed by atoms with van der Waals surface area (Å²) in [6, 6.07) is 4.11. The normalized spacial score (nSPS) is 21.8. The molecule has 4 N–H and O–H groups in total. The van der Waals surface area contributed by atoms with Gasteiger partial charge in [0.25, 0.3) is 5.56 Å². The molecule has 0 bridgehead atoms. The standard InChI is InChI=1S/C14H18N4O4S.ClH/c1-14(7-15)4-5-18(8-14)23(21,22)9-2-3-11-10(6-9)12(19)17-13(20)16-11;/h2-3,6H,4-5,7-8,15H2,1H3,(H2,16,17,19,20);1H. The van der Waals surface area contributed by atoms with Gasteiger partial charge in [0, 0.05) is 13.1 Å². The second-order valence-electron chi connectivity index (χ2n) is 6.22. The summed E-state index contributed by atoms with van der Waals surface area (Å²) in [6.45, 7) is 3.12. The van der Waals surface area contributed by atoms with Crippen LogP contribution in [0.15, 0.2) is 32.7 Å². The molecule has 1 unspecified atom stereocenters. The number of hydrogen-bond donors (Lipinski definition) is 3. The SMILES string of the molecule is CC1(CN)CCN(S(=O)(=O)c2ccc3[nH]c(=O)[nH]c(=O)c3c2)C1.Cl. The van der Waals surface area contributed by atoms with Crippen LogP contribution < -0.4 is 17.0 Å². The fourth-order valence-electron chi connectivity index (χ4n) is 2.80. The van der Waals surface area contributed by atoms with E-state index in [9.17, 15) is 18.0 Å². The first kappa shape index (κ1) is 18.7. The highest BCUT2D eigenvalue weighted by Gasteiger charge is 2.39. The third-order valence-electron chi connectivity index (χ3n) is 4.36. The number of nitrogens with one attached hydrogen (secondary N) is 2. The number of benzene rings is 1. The molecule has 1 aromatic carbocycles. The summed E-state index contributed by atoms with van der Waals surface area (Å²) < 4.78 is 26.9. The molecular formula is C14H19ClN4O4S. The minimum Gasteiger partial charge on any atom is -0.330 e. The molecule has 0 aliphatic carbocycles. The predicted octanol–water partition coefficient (Wildman–Crippen LogP) is -0.00240. The minimum atomic E-state index is -3.71. The van der Waals surface area contributed by atoms with Crippen molar-refractivity contribution < 1.29 is 8.42 Å². The van der Waals surface area contributed by atoms with Crippen LogP contribution in [0.1, 0.15) is 13.3 Å². The van der Waals surface area contributed by atoms with Gasteiger partial charge in [0.2, 0.25) is 10.0 Å². The molecule has 1 fully saturated rings. The monoisotopic (exact) mass is 374 g/mol. The summed E-state index contributed by atoms with van der Waals surface area (Å²) in [5, 5.41) is 0.131. The topological polar surface area (TPSA) is 129 Å². The smallest absolute Gasteiger partial charge is 0.326 e. The van der Waals surface area contributed by atoms with Crippen LogP contribution in [0.2, 0.25) is 0 Å². The van der Waals surface area contributed by atoms with Crippen LogP contribution >= 0.6 is 12.4 Å². The molecule has 8 nitrogen and oxygen atoms in total. The molecule has 10 heteroatoms. The molecule has 1 aliphatic rings. The zero-order valence-corrected chi connectivity index (χ0v) is 14.7. The Hall–Kier alpha value is -1.68. The number of aromatic amines is 2. The van der Waals surface area contributed by atoms with Gasteiger partial charge in [0.15, 0.2) is 0 Å². The average Bonchev–Trinajstić information content (AvgIpc) is 2.91. The Labute approximate surface area is 144 Å². The lowest BCUT2D eigenvalue weighted by Crippen LogP contribution is -2.34. The van der Waals surface area contributed by atoms with Crippen LogP contribution in [0.4, 0.5) is 0 Å². The maximum Gasteiger partial charge on any atom is 0.326 e. The van der Waals surface area contributed by atoms with Gasteiger partial charge in [-0.1, -0.05) is 6.92 Å². The van der Waals surface area contributed by atoms with Crippen LogP contribution in [0, 0.1) is 5.41 Å². The lowest BCUT2D eigenvalue weighted by atomic mass is 9.90. The van der Waals surface area contributed by atoms with E-state index < -0.39 is 21.3 Å². The van der Waals surface area contributed by atoms with Gasteiger partial charge >= 0.3 is 5.69 Å². The number of fused-ring (bicyclic) bond motifs is 1. The lowest BCUT2D eigenvalue weighted by molar-refractivity contribution is 0.349. The van der Waals surface area contributed by atoms with Crippen molar-refractivity contribution in [1.82, 2.24) is 14.3 Å². The Morgan fingerprint density at radius 2 is 2.00 bits per heavy atom. The quantitative estimate of drug-likeness (QED) is 0.696. The number of sulfonamides is 1. The third-order valence-corrected chi connectivity index (χ3v) is 6.21. The summed E-state index contributed by atoms with van der Waals surface area (Å²) in [6.07, 6.45) is 0.699. The highest BCUT2D eigenvalue weighted by Crippen LogP contribution is 2.32. The largest absolute Gasteiger partial charge is 0.330 e. The van der Waals surface area contributed by atoms with E-state index in [1.54, 1.807) is 0 Å². The molecule has 1 aromatic heterocycles. The van der Waals surface area contributed by atoms with E-state index >= 15 is 0 Å². The van der Waals surface area contributed by atoms with Crippen LogP contribution in [0.25, 0.3) is 10.9 Å².